The van der Waals surface area contributed by atoms with Crippen LogP contribution in [-0.4, -0.2) is 70.3 Å². The third kappa shape index (κ3) is 9.68. The Bertz CT molecular complexity index is 553. The van der Waals surface area contributed by atoms with Gasteiger partial charge in [0.2, 0.25) is 11.8 Å². The van der Waals surface area contributed by atoms with E-state index in [-0.39, 0.29) is 31.1 Å². The smallest absolute Gasteiger partial charge is 0.326 e. The maximum absolute atomic E-state index is 12.2. The molecule has 0 spiro atoms. The Morgan fingerprint density at radius 3 is 2.08 bits per heavy atom. The second-order valence-corrected chi connectivity index (χ2v) is 5.66. The summed E-state index contributed by atoms with van der Waals surface area (Å²) in [5, 5.41) is 22.4. The molecule has 0 rings (SSSR count). The van der Waals surface area contributed by atoms with Crippen molar-refractivity contribution < 1.29 is 29.4 Å². The van der Waals surface area contributed by atoms with Gasteiger partial charge in [0, 0.05) is 12.3 Å². The lowest BCUT2D eigenvalue weighted by Crippen LogP contribution is -2.55. The molecule has 0 aromatic heterocycles. The Morgan fingerprint density at radius 1 is 1.04 bits per heavy atom. The Hall–Kier alpha value is -2.54. The van der Waals surface area contributed by atoms with Crippen molar-refractivity contribution in [2.24, 2.45) is 22.2 Å². The molecule has 0 radical (unpaired) electrons. The molecule has 26 heavy (non-hydrogen) atoms. The zero-order chi connectivity index (χ0) is 20.3. The molecule has 0 fully saturated rings. The van der Waals surface area contributed by atoms with E-state index in [9.17, 15) is 19.2 Å². The van der Waals surface area contributed by atoms with Crippen LogP contribution >= 0.6 is 12.6 Å². The number of carbonyl (C=O) groups excluding carboxylic acids is 2. The Morgan fingerprint density at radius 2 is 1.62 bits per heavy atom. The summed E-state index contributed by atoms with van der Waals surface area (Å²) in [6.07, 6.45) is -0.478. The van der Waals surface area contributed by atoms with Crippen molar-refractivity contribution in [2.45, 2.75) is 37.4 Å². The number of nitrogens with zero attached hydrogens (tertiary/aromatic N) is 1. The third-order valence-corrected chi connectivity index (χ3v) is 3.50. The minimum atomic E-state index is -1.48. The van der Waals surface area contributed by atoms with Gasteiger partial charge in [-0.1, -0.05) is 0 Å². The van der Waals surface area contributed by atoms with Crippen LogP contribution in [0.1, 0.15) is 19.3 Å². The van der Waals surface area contributed by atoms with Gasteiger partial charge < -0.3 is 38.0 Å². The lowest BCUT2D eigenvalue weighted by Gasteiger charge is -2.21. The highest BCUT2D eigenvalue weighted by atomic mass is 32.1. The fourth-order valence-corrected chi connectivity index (χ4v) is 1.94. The van der Waals surface area contributed by atoms with E-state index in [0.29, 0.717) is 0 Å². The standard InChI is InChI=1S/C13H24N6O6S/c14-6(5-26)10(22)19-8(4-9(20)21)11(23)18-7(12(24)25)2-1-3-17-13(15)16/h6-8,26H,1-5,14H2,(H,18,23)(H,19,22)(H,20,21)(H,24,25)(H4,15,16,17)/t6-,7-,8-/m0/s1. The topological polar surface area (TPSA) is 223 Å². The van der Waals surface area contributed by atoms with Gasteiger partial charge >= 0.3 is 11.9 Å². The zero-order valence-electron chi connectivity index (χ0n) is 13.9. The molecule has 0 aliphatic carbocycles. The van der Waals surface area contributed by atoms with Gasteiger partial charge in [0.15, 0.2) is 5.96 Å². The van der Waals surface area contributed by atoms with Crippen molar-refractivity contribution >= 4 is 42.3 Å². The molecule has 0 saturated carbocycles. The van der Waals surface area contributed by atoms with Crippen LogP contribution < -0.4 is 27.8 Å². The van der Waals surface area contributed by atoms with Gasteiger partial charge in [0.1, 0.15) is 12.1 Å². The number of amides is 2. The predicted octanol–water partition coefficient (Wildman–Crippen LogP) is -3.17. The van der Waals surface area contributed by atoms with E-state index in [1.165, 1.54) is 0 Å². The van der Waals surface area contributed by atoms with Crippen LogP contribution in [0.25, 0.3) is 0 Å². The maximum Gasteiger partial charge on any atom is 0.326 e. The summed E-state index contributed by atoms with van der Waals surface area (Å²) in [6, 6.07) is -3.83. The van der Waals surface area contributed by atoms with Gasteiger partial charge in [-0.2, -0.15) is 12.6 Å². The first-order chi connectivity index (χ1) is 12.1. The number of nitrogens with two attached hydrogens (primary N) is 3. The summed E-state index contributed by atoms with van der Waals surface area (Å²) >= 11 is 3.83. The van der Waals surface area contributed by atoms with Crippen molar-refractivity contribution in [1.82, 2.24) is 10.6 Å². The number of aliphatic carboxylic acids is 2. The predicted molar refractivity (Wildman–Crippen MR) is 95.5 cm³/mol. The zero-order valence-corrected chi connectivity index (χ0v) is 14.8. The molecular weight excluding hydrogens is 368 g/mol. The van der Waals surface area contributed by atoms with Crippen molar-refractivity contribution in [3.63, 3.8) is 0 Å². The summed E-state index contributed by atoms with van der Waals surface area (Å²) < 4.78 is 0. The largest absolute Gasteiger partial charge is 0.481 e. The quantitative estimate of drug-likeness (QED) is 0.0724. The molecule has 12 nitrogen and oxygen atoms in total. The van der Waals surface area contributed by atoms with Gasteiger partial charge in [-0.15, -0.1) is 0 Å². The minimum absolute atomic E-state index is 0.00173. The Labute approximate surface area is 155 Å². The molecule has 0 bridgehead atoms. The van der Waals surface area contributed by atoms with Crippen LogP contribution in [0.4, 0.5) is 0 Å². The van der Waals surface area contributed by atoms with E-state index in [1.807, 2.05) is 0 Å². The Kier molecular flexibility index (Phi) is 10.8. The number of hydrogen-bond acceptors (Lipinski definition) is 7. The van der Waals surface area contributed by atoms with Crippen LogP contribution in [0.5, 0.6) is 0 Å². The lowest BCUT2D eigenvalue weighted by molar-refractivity contribution is -0.143. The van der Waals surface area contributed by atoms with Crippen LogP contribution in [0.2, 0.25) is 0 Å². The van der Waals surface area contributed by atoms with Crippen molar-refractivity contribution in [2.75, 3.05) is 12.3 Å². The number of carboxylic acids is 2. The summed E-state index contributed by atoms with van der Waals surface area (Å²) in [5.74, 6) is -4.58. The summed E-state index contributed by atoms with van der Waals surface area (Å²) in [7, 11) is 0. The summed E-state index contributed by atoms with van der Waals surface area (Å²) in [6.45, 7) is 0.161. The number of carbonyl (C=O) groups is 4. The van der Waals surface area contributed by atoms with E-state index >= 15 is 0 Å². The van der Waals surface area contributed by atoms with Crippen LogP contribution in [0.15, 0.2) is 4.99 Å². The molecule has 0 aliphatic heterocycles. The highest BCUT2D eigenvalue weighted by molar-refractivity contribution is 7.80. The first-order valence-electron chi connectivity index (χ1n) is 7.55. The molecule has 0 saturated heterocycles. The number of aliphatic imine (C=N–C) groups is 1. The molecule has 0 aromatic carbocycles. The van der Waals surface area contributed by atoms with Gasteiger partial charge in [-0.05, 0) is 12.8 Å². The highest BCUT2D eigenvalue weighted by Crippen LogP contribution is 2.02. The first kappa shape index (κ1) is 23.5. The third-order valence-electron chi connectivity index (χ3n) is 3.11. The van der Waals surface area contributed by atoms with Crippen LogP contribution in [0, 0.1) is 0 Å². The monoisotopic (exact) mass is 392 g/mol. The van der Waals surface area contributed by atoms with Crippen LogP contribution in [-0.2, 0) is 19.2 Å². The van der Waals surface area contributed by atoms with Crippen LogP contribution in [0.3, 0.4) is 0 Å². The first-order valence-corrected chi connectivity index (χ1v) is 8.18. The molecular formula is C13H24N6O6S. The minimum Gasteiger partial charge on any atom is -0.481 e. The molecule has 148 valence electrons. The van der Waals surface area contributed by atoms with Crippen molar-refractivity contribution in [1.29, 1.82) is 0 Å². The van der Waals surface area contributed by atoms with E-state index in [0.717, 1.165) is 0 Å². The lowest BCUT2D eigenvalue weighted by atomic mass is 10.1. The second-order valence-electron chi connectivity index (χ2n) is 5.30. The van der Waals surface area contributed by atoms with Gasteiger partial charge in [0.25, 0.3) is 0 Å². The fraction of sp³-hybridized carbons (Fsp3) is 0.615. The molecule has 10 N–H and O–H groups in total. The molecule has 13 heteroatoms. The average Bonchev–Trinajstić information content (AvgIpc) is 2.54. The molecule has 0 aliphatic rings. The molecule has 0 heterocycles. The normalized spacial score (nSPS) is 13.8. The van der Waals surface area contributed by atoms with Gasteiger partial charge in [0.05, 0.1) is 12.5 Å². The molecule has 0 aromatic rings. The number of carboxylic acid groups (broad SMARTS) is 2. The Balaban J connectivity index is 4.93. The van der Waals surface area contributed by atoms with Crippen molar-refractivity contribution in [3.05, 3.63) is 0 Å². The van der Waals surface area contributed by atoms with Gasteiger partial charge in [-0.3, -0.25) is 19.4 Å². The summed E-state index contributed by atoms with van der Waals surface area (Å²) in [5.41, 5.74) is 15.8. The maximum atomic E-state index is 12.2. The molecule has 3 atom stereocenters. The van der Waals surface area contributed by atoms with Gasteiger partial charge in [-0.25, -0.2) is 4.79 Å². The summed E-state index contributed by atoms with van der Waals surface area (Å²) in [4.78, 5) is 49.8. The number of thiol groups is 1. The highest BCUT2D eigenvalue weighted by Gasteiger charge is 2.29. The number of hydrogen-bond donors (Lipinski definition) is 8. The second kappa shape index (κ2) is 11.9. The number of nitrogens with one attached hydrogen (secondary N) is 2. The van der Waals surface area contributed by atoms with Crippen molar-refractivity contribution in [3.8, 4) is 0 Å². The number of rotatable bonds is 12. The van der Waals surface area contributed by atoms with E-state index < -0.39 is 48.3 Å². The average molecular weight is 392 g/mol. The fourth-order valence-electron chi connectivity index (χ4n) is 1.78. The van der Waals surface area contributed by atoms with E-state index in [4.69, 9.17) is 27.4 Å². The molecule has 2 amide bonds. The van der Waals surface area contributed by atoms with E-state index in [2.05, 4.69) is 28.3 Å². The molecule has 0 unspecified atom stereocenters. The SMILES string of the molecule is NC(N)=NCCC[C@H](NC(=O)[C@H](CC(=O)O)NC(=O)[C@@H](N)CS)C(=O)O. The van der Waals surface area contributed by atoms with E-state index in [1.54, 1.807) is 0 Å². The number of guanidine groups is 1.